The van der Waals surface area contributed by atoms with Crippen molar-refractivity contribution in [3.63, 3.8) is 0 Å². The predicted molar refractivity (Wildman–Crippen MR) is 117 cm³/mol. The first kappa shape index (κ1) is 22.5. The monoisotopic (exact) mass is 443 g/mol. The number of rotatable bonds is 6. The second-order valence-corrected chi connectivity index (χ2v) is 9.52. The number of aromatic nitrogens is 1. The highest BCUT2D eigenvalue weighted by molar-refractivity contribution is 7.90. The quantitative estimate of drug-likeness (QED) is 0.573. The highest BCUT2D eigenvalue weighted by atomic mass is 32.2. The van der Waals surface area contributed by atoms with Crippen LogP contribution in [-0.2, 0) is 14.6 Å². The van der Waals surface area contributed by atoms with Crippen LogP contribution in [-0.4, -0.2) is 44.8 Å². The largest absolute Gasteiger partial charge is 0.465 e. The number of carbonyl (C=O) groups is 1. The number of methoxy groups -OCH3 is 1. The summed E-state index contributed by atoms with van der Waals surface area (Å²) in [7, 11) is -2.21. The zero-order valence-corrected chi connectivity index (χ0v) is 18.2. The van der Waals surface area contributed by atoms with Crippen LogP contribution < -0.4 is 16.4 Å². The first-order valence-corrected chi connectivity index (χ1v) is 11.7. The molecule has 1 aromatic heterocycles. The normalized spacial score (nSPS) is 18.6. The Bertz CT molecular complexity index is 1130. The van der Waals surface area contributed by atoms with Gasteiger partial charge in [0, 0.05) is 24.0 Å². The van der Waals surface area contributed by atoms with E-state index >= 15 is 0 Å². The number of hydrogen-bond acceptors (Lipinski definition) is 9. The first-order valence-electron chi connectivity index (χ1n) is 9.85. The van der Waals surface area contributed by atoms with Crippen LogP contribution in [0.2, 0.25) is 0 Å². The Morgan fingerprint density at radius 1 is 1.29 bits per heavy atom. The van der Waals surface area contributed by atoms with Gasteiger partial charge in [-0.25, -0.2) is 18.2 Å². The number of benzene rings is 1. The molecule has 1 aromatic carbocycles. The molecular weight excluding hydrogens is 418 g/mol. The Labute approximate surface area is 181 Å². The molecule has 0 unspecified atom stereocenters. The maximum Gasteiger partial charge on any atom is 0.343 e. The van der Waals surface area contributed by atoms with Gasteiger partial charge in [0.25, 0.3) is 0 Å². The second-order valence-electron chi connectivity index (χ2n) is 7.51. The van der Waals surface area contributed by atoms with Crippen LogP contribution in [0.1, 0.15) is 41.6 Å². The number of carbonyl (C=O) groups excluding carboxylic acids is 1. The zero-order valence-electron chi connectivity index (χ0n) is 17.4. The van der Waals surface area contributed by atoms with Crippen LogP contribution in [0.4, 0.5) is 17.3 Å². The average molecular weight is 444 g/mol. The van der Waals surface area contributed by atoms with Crippen LogP contribution in [0, 0.1) is 11.3 Å². The first-order chi connectivity index (χ1) is 14.7. The number of ether oxygens (including phenoxy) is 1. The van der Waals surface area contributed by atoms with Crippen molar-refractivity contribution >= 4 is 33.1 Å². The zero-order chi connectivity index (χ0) is 22.6. The molecule has 2 aromatic rings. The van der Waals surface area contributed by atoms with Gasteiger partial charge in [0.2, 0.25) is 0 Å². The third kappa shape index (κ3) is 5.31. The molecule has 0 saturated heterocycles. The Morgan fingerprint density at radius 2 is 2.03 bits per heavy atom. The lowest BCUT2D eigenvalue weighted by Crippen LogP contribution is -2.42. The molecule has 1 heterocycles. The molecule has 3 rings (SSSR count). The van der Waals surface area contributed by atoms with Crippen molar-refractivity contribution < 1.29 is 17.9 Å². The highest BCUT2D eigenvalue weighted by Crippen LogP contribution is 2.28. The van der Waals surface area contributed by atoms with Gasteiger partial charge in [-0.3, -0.25) is 0 Å². The Balaban J connectivity index is 2.04. The van der Waals surface area contributed by atoms with E-state index in [9.17, 15) is 18.5 Å². The van der Waals surface area contributed by atoms with Gasteiger partial charge in [0.1, 0.15) is 23.3 Å². The van der Waals surface area contributed by atoms with E-state index in [1.165, 1.54) is 25.3 Å². The highest BCUT2D eigenvalue weighted by Gasteiger charge is 2.25. The summed E-state index contributed by atoms with van der Waals surface area (Å²) in [6.45, 7) is 0. The minimum atomic E-state index is -3.43. The van der Waals surface area contributed by atoms with E-state index in [2.05, 4.69) is 15.6 Å². The SMILES string of the molecule is COC(=O)c1c(C#N)cc(N[C@@H]2CCCC[C@@H]2N)nc1Nc1cccc(S(C)(=O)=O)c1. The van der Waals surface area contributed by atoms with E-state index in [-0.39, 0.29) is 33.9 Å². The summed E-state index contributed by atoms with van der Waals surface area (Å²) in [4.78, 5) is 17.0. The molecule has 164 valence electrons. The van der Waals surface area contributed by atoms with Crippen molar-refractivity contribution in [2.24, 2.45) is 5.73 Å². The summed E-state index contributed by atoms with van der Waals surface area (Å²) >= 11 is 0. The number of nitrogens with two attached hydrogens (primary N) is 1. The molecule has 1 fully saturated rings. The van der Waals surface area contributed by atoms with Crippen LogP contribution >= 0.6 is 0 Å². The number of sulfone groups is 1. The van der Waals surface area contributed by atoms with Crippen LogP contribution in [0.3, 0.4) is 0 Å². The molecule has 4 N–H and O–H groups in total. The summed E-state index contributed by atoms with van der Waals surface area (Å²) in [5.74, 6) is -0.247. The maximum atomic E-state index is 12.4. The van der Waals surface area contributed by atoms with E-state index < -0.39 is 15.8 Å². The van der Waals surface area contributed by atoms with E-state index in [0.717, 1.165) is 31.9 Å². The molecule has 10 heteroatoms. The molecule has 0 bridgehead atoms. The predicted octanol–water partition coefficient (Wildman–Crippen LogP) is 2.57. The third-order valence-corrected chi connectivity index (χ3v) is 6.32. The summed E-state index contributed by atoms with van der Waals surface area (Å²) in [6.07, 6.45) is 4.99. The molecule has 0 aliphatic heterocycles. The molecular formula is C21H25N5O4S. The number of pyridine rings is 1. The summed E-state index contributed by atoms with van der Waals surface area (Å²) in [5.41, 5.74) is 6.66. The number of nitriles is 1. The molecule has 0 spiro atoms. The van der Waals surface area contributed by atoms with E-state index in [1.807, 2.05) is 6.07 Å². The lowest BCUT2D eigenvalue weighted by molar-refractivity contribution is 0.0601. The molecule has 1 saturated carbocycles. The van der Waals surface area contributed by atoms with Gasteiger partial charge in [0.15, 0.2) is 9.84 Å². The molecule has 0 radical (unpaired) electrons. The van der Waals surface area contributed by atoms with Gasteiger partial charge in [-0.2, -0.15) is 5.26 Å². The van der Waals surface area contributed by atoms with Crippen molar-refractivity contribution in [2.75, 3.05) is 24.0 Å². The summed E-state index contributed by atoms with van der Waals surface area (Å²) in [5, 5.41) is 15.9. The van der Waals surface area contributed by atoms with Gasteiger partial charge in [0.05, 0.1) is 17.6 Å². The fourth-order valence-corrected chi connectivity index (χ4v) is 4.24. The standard InChI is InChI=1S/C21H25N5O4S/c1-30-21(27)19-13(12-22)10-18(25-17-9-4-3-8-16(17)23)26-20(19)24-14-6-5-7-15(11-14)31(2,28)29/h5-7,10-11,16-17H,3-4,8-9,23H2,1-2H3,(H2,24,25,26)/t16-,17+/m0/s1. The Kier molecular flexibility index (Phi) is 6.77. The van der Waals surface area contributed by atoms with E-state index in [0.29, 0.717) is 11.5 Å². The lowest BCUT2D eigenvalue weighted by atomic mass is 9.91. The number of hydrogen-bond donors (Lipinski definition) is 3. The maximum absolute atomic E-state index is 12.4. The molecule has 9 nitrogen and oxygen atoms in total. The number of nitrogens with one attached hydrogen (secondary N) is 2. The smallest absolute Gasteiger partial charge is 0.343 e. The fraction of sp³-hybridized carbons (Fsp3) is 0.381. The van der Waals surface area contributed by atoms with Crippen LogP contribution in [0.5, 0.6) is 0 Å². The van der Waals surface area contributed by atoms with Crippen molar-refractivity contribution in [3.8, 4) is 6.07 Å². The number of esters is 1. The number of anilines is 3. The van der Waals surface area contributed by atoms with E-state index in [1.54, 1.807) is 12.1 Å². The Hall–Kier alpha value is -3.16. The van der Waals surface area contributed by atoms with Gasteiger partial charge >= 0.3 is 5.97 Å². The second kappa shape index (κ2) is 9.32. The van der Waals surface area contributed by atoms with Gasteiger partial charge < -0.3 is 21.1 Å². The van der Waals surface area contributed by atoms with Crippen LogP contribution in [0.25, 0.3) is 0 Å². The van der Waals surface area contributed by atoms with Crippen LogP contribution in [0.15, 0.2) is 35.2 Å². The number of nitrogens with zero attached hydrogens (tertiary/aromatic N) is 2. The summed E-state index contributed by atoms with van der Waals surface area (Å²) < 4.78 is 28.6. The molecule has 31 heavy (non-hydrogen) atoms. The van der Waals surface area contributed by atoms with Crippen molar-refractivity contribution in [1.82, 2.24) is 4.98 Å². The van der Waals surface area contributed by atoms with Gasteiger partial charge in [-0.1, -0.05) is 18.9 Å². The fourth-order valence-electron chi connectivity index (χ4n) is 3.58. The average Bonchev–Trinajstić information content (AvgIpc) is 2.74. The molecule has 2 atom stereocenters. The van der Waals surface area contributed by atoms with Crippen molar-refractivity contribution in [2.45, 2.75) is 42.7 Å². The van der Waals surface area contributed by atoms with Gasteiger partial charge in [-0.05, 0) is 37.1 Å². The minimum absolute atomic E-state index is 0.00168. The molecule has 1 aliphatic carbocycles. The Morgan fingerprint density at radius 3 is 2.68 bits per heavy atom. The third-order valence-electron chi connectivity index (χ3n) is 5.21. The van der Waals surface area contributed by atoms with Crippen molar-refractivity contribution in [1.29, 1.82) is 5.26 Å². The molecule has 0 amide bonds. The topological polar surface area (TPSA) is 147 Å². The van der Waals surface area contributed by atoms with Gasteiger partial charge in [-0.15, -0.1) is 0 Å². The molecule has 1 aliphatic rings. The van der Waals surface area contributed by atoms with Crippen molar-refractivity contribution in [3.05, 3.63) is 41.5 Å². The minimum Gasteiger partial charge on any atom is -0.465 e. The van der Waals surface area contributed by atoms with E-state index in [4.69, 9.17) is 10.5 Å². The lowest BCUT2D eigenvalue weighted by Gasteiger charge is -2.30. The summed E-state index contributed by atoms with van der Waals surface area (Å²) in [6, 6.07) is 9.58.